The first-order valence-electron chi connectivity index (χ1n) is 4.65. The zero-order chi connectivity index (χ0) is 8.10. The topological polar surface area (TPSA) is 3.24 Å². The van der Waals surface area contributed by atoms with Crippen LogP contribution in [0.3, 0.4) is 0 Å². The lowest BCUT2D eigenvalue weighted by Gasteiger charge is -2.31. The van der Waals surface area contributed by atoms with Crippen molar-refractivity contribution in [2.45, 2.75) is 26.2 Å². The second-order valence-corrected chi connectivity index (χ2v) is 4.17. The van der Waals surface area contributed by atoms with Gasteiger partial charge in [-0.25, -0.2) is 0 Å². The van der Waals surface area contributed by atoms with Crippen molar-refractivity contribution in [2.75, 3.05) is 25.0 Å². The minimum atomic E-state index is 0.961. The van der Waals surface area contributed by atoms with Crippen LogP contribution >= 0.6 is 15.9 Å². The molecule has 1 saturated heterocycles. The fourth-order valence-electron chi connectivity index (χ4n) is 1.83. The highest BCUT2D eigenvalue weighted by molar-refractivity contribution is 9.09. The second kappa shape index (κ2) is 5.15. The van der Waals surface area contributed by atoms with E-state index in [9.17, 15) is 0 Å². The van der Waals surface area contributed by atoms with Crippen molar-refractivity contribution in [1.29, 1.82) is 0 Å². The molecule has 2 heteroatoms. The smallest absolute Gasteiger partial charge is 0.00344 e. The van der Waals surface area contributed by atoms with E-state index in [2.05, 4.69) is 27.8 Å². The minimum Gasteiger partial charge on any atom is -0.303 e. The second-order valence-electron chi connectivity index (χ2n) is 3.38. The quantitative estimate of drug-likeness (QED) is 0.660. The van der Waals surface area contributed by atoms with E-state index in [1.165, 1.54) is 44.2 Å². The molecular formula is C9H18BrN. The van der Waals surface area contributed by atoms with E-state index in [0.29, 0.717) is 0 Å². The largest absolute Gasteiger partial charge is 0.303 e. The number of likely N-dealkylation sites (tertiary alicyclic amines) is 1. The number of rotatable bonds is 3. The molecule has 1 rings (SSSR count). The molecule has 1 aliphatic heterocycles. The van der Waals surface area contributed by atoms with E-state index in [-0.39, 0.29) is 0 Å². The van der Waals surface area contributed by atoms with Crippen LogP contribution in [-0.2, 0) is 0 Å². The summed E-state index contributed by atoms with van der Waals surface area (Å²) in [4.78, 5) is 2.57. The van der Waals surface area contributed by atoms with E-state index < -0.39 is 0 Å². The monoisotopic (exact) mass is 219 g/mol. The average molecular weight is 220 g/mol. The van der Waals surface area contributed by atoms with Crippen molar-refractivity contribution < 1.29 is 0 Å². The van der Waals surface area contributed by atoms with Gasteiger partial charge in [0, 0.05) is 11.9 Å². The molecule has 66 valence electrons. The van der Waals surface area contributed by atoms with Gasteiger partial charge >= 0.3 is 0 Å². The van der Waals surface area contributed by atoms with Gasteiger partial charge in [-0.15, -0.1) is 0 Å². The molecule has 0 bridgehead atoms. The number of hydrogen-bond acceptors (Lipinski definition) is 1. The predicted octanol–water partition coefficient (Wildman–Crippen LogP) is 2.50. The molecule has 1 aliphatic rings. The van der Waals surface area contributed by atoms with Crippen molar-refractivity contribution in [2.24, 2.45) is 5.92 Å². The molecule has 1 atom stereocenters. The first-order chi connectivity index (χ1) is 5.36. The lowest BCUT2D eigenvalue weighted by Crippen LogP contribution is -2.35. The van der Waals surface area contributed by atoms with E-state index in [4.69, 9.17) is 0 Å². The van der Waals surface area contributed by atoms with Gasteiger partial charge in [0.2, 0.25) is 0 Å². The van der Waals surface area contributed by atoms with Crippen LogP contribution in [0.5, 0.6) is 0 Å². The van der Waals surface area contributed by atoms with Gasteiger partial charge in [-0.2, -0.15) is 0 Å². The van der Waals surface area contributed by atoms with Gasteiger partial charge in [-0.1, -0.05) is 22.9 Å². The highest BCUT2D eigenvalue weighted by atomic mass is 79.9. The highest BCUT2D eigenvalue weighted by Gasteiger charge is 2.17. The van der Waals surface area contributed by atoms with E-state index in [1.54, 1.807) is 0 Å². The van der Waals surface area contributed by atoms with Crippen molar-refractivity contribution in [3.8, 4) is 0 Å². The van der Waals surface area contributed by atoms with Gasteiger partial charge in [-0.05, 0) is 38.3 Å². The molecule has 0 aromatic heterocycles. The summed E-state index contributed by atoms with van der Waals surface area (Å²) in [5.41, 5.74) is 0. The Balaban J connectivity index is 2.21. The van der Waals surface area contributed by atoms with Crippen molar-refractivity contribution >= 4 is 15.9 Å². The van der Waals surface area contributed by atoms with Gasteiger partial charge in [0.05, 0.1) is 0 Å². The summed E-state index contributed by atoms with van der Waals surface area (Å²) in [5.74, 6) is 0.961. The normalized spacial score (nSPS) is 27.3. The summed E-state index contributed by atoms with van der Waals surface area (Å²) in [7, 11) is 0. The third kappa shape index (κ3) is 3.12. The summed E-state index contributed by atoms with van der Waals surface area (Å²) in [6, 6.07) is 0. The number of piperidine rings is 1. The fourth-order valence-corrected chi connectivity index (χ4v) is 2.48. The maximum Gasteiger partial charge on any atom is 0.00344 e. The molecule has 0 aromatic carbocycles. The first kappa shape index (κ1) is 9.53. The van der Waals surface area contributed by atoms with Crippen molar-refractivity contribution in [3.63, 3.8) is 0 Å². The molecule has 1 nitrogen and oxygen atoms in total. The SMILES string of the molecule is CCN1CCCC(CCBr)C1. The molecule has 0 saturated carbocycles. The van der Waals surface area contributed by atoms with Gasteiger partial charge in [0.15, 0.2) is 0 Å². The average Bonchev–Trinajstić information content (AvgIpc) is 2.06. The van der Waals surface area contributed by atoms with Crippen LogP contribution in [0.4, 0.5) is 0 Å². The van der Waals surface area contributed by atoms with Gasteiger partial charge < -0.3 is 4.90 Å². The van der Waals surface area contributed by atoms with Gasteiger partial charge in [0.1, 0.15) is 0 Å². The first-order valence-corrected chi connectivity index (χ1v) is 5.77. The standard InChI is InChI=1S/C9H18BrN/c1-2-11-7-3-4-9(8-11)5-6-10/h9H,2-8H2,1H3. The van der Waals surface area contributed by atoms with E-state index in [0.717, 1.165) is 5.92 Å². The summed E-state index contributed by atoms with van der Waals surface area (Å²) < 4.78 is 0. The predicted molar refractivity (Wildman–Crippen MR) is 53.2 cm³/mol. The third-order valence-electron chi connectivity index (χ3n) is 2.57. The summed E-state index contributed by atoms with van der Waals surface area (Å²) in [5, 5.41) is 1.18. The molecule has 0 aromatic rings. The van der Waals surface area contributed by atoms with Gasteiger partial charge in [-0.3, -0.25) is 0 Å². The Kier molecular flexibility index (Phi) is 4.46. The lowest BCUT2D eigenvalue weighted by atomic mass is 9.96. The summed E-state index contributed by atoms with van der Waals surface area (Å²) >= 11 is 3.51. The zero-order valence-corrected chi connectivity index (χ0v) is 8.94. The van der Waals surface area contributed by atoms with Gasteiger partial charge in [0.25, 0.3) is 0 Å². The molecule has 1 unspecified atom stereocenters. The number of hydrogen-bond donors (Lipinski definition) is 0. The Hall–Kier alpha value is 0.440. The molecule has 0 amide bonds. The van der Waals surface area contributed by atoms with Crippen molar-refractivity contribution in [1.82, 2.24) is 4.90 Å². The van der Waals surface area contributed by atoms with Crippen molar-refractivity contribution in [3.05, 3.63) is 0 Å². The number of nitrogens with zero attached hydrogens (tertiary/aromatic N) is 1. The molecule has 11 heavy (non-hydrogen) atoms. The van der Waals surface area contributed by atoms with Crippen LogP contribution in [0.25, 0.3) is 0 Å². The van der Waals surface area contributed by atoms with Crippen LogP contribution in [0, 0.1) is 5.92 Å². The third-order valence-corrected chi connectivity index (χ3v) is 3.03. The summed E-state index contributed by atoms with van der Waals surface area (Å²) in [6.45, 7) is 6.16. The Morgan fingerprint density at radius 3 is 3.00 bits per heavy atom. The zero-order valence-electron chi connectivity index (χ0n) is 7.35. The summed E-state index contributed by atoms with van der Waals surface area (Å²) in [6.07, 6.45) is 4.21. The Morgan fingerprint density at radius 2 is 2.36 bits per heavy atom. The molecular weight excluding hydrogens is 202 g/mol. The number of halogens is 1. The highest BCUT2D eigenvalue weighted by Crippen LogP contribution is 2.19. The van der Waals surface area contributed by atoms with Crippen LogP contribution in [0.2, 0.25) is 0 Å². The van der Waals surface area contributed by atoms with E-state index in [1.807, 2.05) is 0 Å². The molecule has 1 heterocycles. The Labute approximate surface area is 78.3 Å². The molecule has 1 fully saturated rings. The Bertz CT molecular complexity index is 104. The fraction of sp³-hybridized carbons (Fsp3) is 1.00. The number of alkyl halides is 1. The van der Waals surface area contributed by atoms with Crippen LogP contribution in [-0.4, -0.2) is 29.9 Å². The molecule has 0 spiro atoms. The molecule has 0 N–H and O–H groups in total. The van der Waals surface area contributed by atoms with Crippen LogP contribution in [0.15, 0.2) is 0 Å². The maximum atomic E-state index is 3.51. The molecule has 0 radical (unpaired) electrons. The molecule has 0 aliphatic carbocycles. The minimum absolute atomic E-state index is 0.961. The van der Waals surface area contributed by atoms with E-state index >= 15 is 0 Å². The lowest BCUT2D eigenvalue weighted by molar-refractivity contribution is 0.180. The van der Waals surface area contributed by atoms with Crippen LogP contribution < -0.4 is 0 Å². The maximum absolute atomic E-state index is 3.51. The van der Waals surface area contributed by atoms with Crippen LogP contribution in [0.1, 0.15) is 26.2 Å². The Morgan fingerprint density at radius 1 is 1.55 bits per heavy atom.